The predicted octanol–water partition coefficient (Wildman–Crippen LogP) is 1.72. The maximum atomic E-state index is 5.76. The number of anilines is 1. The van der Waals surface area contributed by atoms with Gasteiger partial charge in [-0.2, -0.15) is 0 Å². The summed E-state index contributed by atoms with van der Waals surface area (Å²) >= 11 is 5.76. The first-order valence-electron chi connectivity index (χ1n) is 4.80. The zero-order valence-corrected chi connectivity index (χ0v) is 9.81. The monoisotopic (exact) mass is 248 g/mol. The number of piperidine rings is 1. The third-order valence-corrected chi connectivity index (χ3v) is 2.46. The molecule has 2 N–H and O–H groups in total. The van der Waals surface area contributed by atoms with Crippen LogP contribution in [-0.4, -0.2) is 29.1 Å². The van der Waals surface area contributed by atoms with Crippen molar-refractivity contribution < 1.29 is 0 Å². The highest BCUT2D eigenvalue weighted by atomic mass is 35.5. The van der Waals surface area contributed by atoms with Crippen LogP contribution in [0.5, 0.6) is 0 Å². The van der Waals surface area contributed by atoms with Crippen molar-refractivity contribution in [2.24, 2.45) is 0 Å². The first-order chi connectivity index (χ1) is 6.84. The quantitative estimate of drug-likeness (QED) is 0.783. The number of halogens is 2. The van der Waals surface area contributed by atoms with E-state index < -0.39 is 0 Å². The van der Waals surface area contributed by atoms with Gasteiger partial charge in [-0.25, -0.2) is 9.97 Å². The van der Waals surface area contributed by atoms with Gasteiger partial charge in [0.05, 0.1) is 0 Å². The number of aromatic nitrogens is 2. The molecule has 15 heavy (non-hydrogen) atoms. The largest absolute Gasteiger partial charge is 0.350 e. The molecule has 0 aromatic carbocycles. The van der Waals surface area contributed by atoms with Gasteiger partial charge in [0.25, 0.3) is 0 Å². The average Bonchev–Trinajstić information content (AvgIpc) is 2.19. The maximum Gasteiger partial charge on any atom is 0.224 e. The van der Waals surface area contributed by atoms with Crippen molar-refractivity contribution in [3.8, 4) is 0 Å². The van der Waals surface area contributed by atoms with E-state index in [9.17, 15) is 0 Å². The fourth-order valence-electron chi connectivity index (χ4n) is 1.56. The Kier molecular flexibility index (Phi) is 5.08. The maximum absolute atomic E-state index is 5.76. The molecule has 4 nitrogen and oxygen atoms in total. The Hall–Kier alpha value is -0.580. The Balaban J connectivity index is 0.00000112. The van der Waals surface area contributed by atoms with E-state index in [1.807, 2.05) is 0 Å². The Labute approximate surface area is 100 Å². The van der Waals surface area contributed by atoms with Crippen LogP contribution in [0.3, 0.4) is 0 Å². The molecule has 1 aliphatic heterocycles. The zero-order chi connectivity index (χ0) is 9.80. The lowest BCUT2D eigenvalue weighted by molar-refractivity contribution is 0.478. The topological polar surface area (TPSA) is 49.8 Å². The van der Waals surface area contributed by atoms with E-state index in [4.69, 9.17) is 11.6 Å². The molecule has 0 spiro atoms. The van der Waals surface area contributed by atoms with Gasteiger partial charge in [0, 0.05) is 18.8 Å². The van der Waals surface area contributed by atoms with Gasteiger partial charge in [0.1, 0.15) is 5.15 Å². The van der Waals surface area contributed by atoms with Crippen molar-refractivity contribution in [3.63, 3.8) is 0 Å². The third-order valence-electron chi connectivity index (χ3n) is 2.25. The molecule has 1 aromatic rings. The summed E-state index contributed by atoms with van der Waals surface area (Å²) < 4.78 is 0. The molecule has 84 valence electrons. The average molecular weight is 249 g/mol. The molecule has 0 unspecified atom stereocenters. The minimum atomic E-state index is 0. The SMILES string of the molecule is Cl.Clc1ccnc(N[C@@H]2CCCNC2)n1. The van der Waals surface area contributed by atoms with E-state index in [1.54, 1.807) is 12.3 Å². The van der Waals surface area contributed by atoms with Crippen molar-refractivity contribution in [1.29, 1.82) is 0 Å². The second kappa shape index (κ2) is 6.10. The summed E-state index contributed by atoms with van der Waals surface area (Å²) in [6, 6.07) is 2.09. The number of nitrogens with one attached hydrogen (secondary N) is 2. The van der Waals surface area contributed by atoms with Crippen LogP contribution in [0.1, 0.15) is 12.8 Å². The van der Waals surface area contributed by atoms with E-state index in [0.29, 0.717) is 17.1 Å². The lowest BCUT2D eigenvalue weighted by Gasteiger charge is -2.23. The smallest absolute Gasteiger partial charge is 0.224 e. The van der Waals surface area contributed by atoms with Crippen LogP contribution in [0.2, 0.25) is 5.15 Å². The fourth-order valence-corrected chi connectivity index (χ4v) is 1.70. The summed E-state index contributed by atoms with van der Waals surface area (Å²) in [5.74, 6) is 0.617. The summed E-state index contributed by atoms with van der Waals surface area (Å²) in [6.45, 7) is 2.07. The molecule has 1 saturated heterocycles. The molecule has 0 bridgehead atoms. The van der Waals surface area contributed by atoms with Gasteiger partial charge in [0.2, 0.25) is 5.95 Å². The molecule has 0 amide bonds. The van der Waals surface area contributed by atoms with E-state index in [0.717, 1.165) is 19.5 Å². The summed E-state index contributed by atoms with van der Waals surface area (Å²) in [4.78, 5) is 8.18. The molecule has 6 heteroatoms. The van der Waals surface area contributed by atoms with E-state index >= 15 is 0 Å². The summed E-state index contributed by atoms with van der Waals surface area (Å²) in [5, 5.41) is 7.05. The standard InChI is InChI=1S/C9H13ClN4.ClH/c10-8-3-5-12-9(14-8)13-7-2-1-4-11-6-7;/h3,5,7,11H,1-2,4,6H2,(H,12,13,14);1H/t7-;/m1./s1. The Morgan fingerprint density at radius 1 is 1.53 bits per heavy atom. The van der Waals surface area contributed by atoms with Crippen LogP contribution < -0.4 is 10.6 Å². The van der Waals surface area contributed by atoms with Crippen molar-refractivity contribution in [1.82, 2.24) is 15.3 Å². The van der Waals surface area contributed by atoms with Gasteiger partial charge in [-0.3, -0.25) is 0 Å². The van der Waals surface area contributed by atoms with Crippen molar-refractivity contribution >= 4 is 30.0 Å². The van der Waals surface area contributed by atoms with E-state index in [2.05, 4.69) is 20.6 Å². The van der Waals surface area contributed by atoms with Crippen LogP contribution in [0.15, 0.2) is 12.3 Å². The Morgan fingerprint density at radius 3 is 3.07 bits per heavy atom. The number of hydrogen-bond donors (Lipinski definition) is 2. The molecule has 0 saturated carbocycles. The molecule has 1 atom stereocenters. The minimum Gasteiger partial charge on any atom is -0.350 e. The molecular formula is C9H14Cl2N4. The lowest BCUT2D eigenvalue weighted by atomic mass is 10.1. The van der Waals surface area contributed by atoms with Gasteiger partial charge in [-0.1, -0.05) is 11.6 Å². The van der Waals surface area contributed by atoms with E-state index in [-0.39, 0.29) is 12.4 Å². The van der Waals surface area contributed by atoms with Gasteiger partial charge in [0.15, 0.2) is 0 Å². The van der Waals surface area contributed by atoms with Crippen LogP contribution in [0, 0.1) is 0 Å². The van der Waals surface area contributed by atoms with Crippen LogP contribution >= 0.6 is 24.0 Å². The molecule has 0 aliphatic carbocycles. The fraction of sp³-hybridized carbons (Fsp3) is 0.556. The van der Waals surface area contributed by atoms with Crippen LogP contribution in [-0.2, 0) is 0 Å². The molecule has 2 rings (SSSR count). The van der Waals surface area contributed by atoms with Gasteiger partial charge in [-0.15, -0.1) is 12.4 Å². The second-order valence-electron chi connectivity index (χ2n) is 3.39. The molecule has 1 aromatic heterocycles. The molecule has 2 heterocycles. The van der Waals surface area contributed by atoms with Gasteiger partial charge in [-0.05, 0) is 25.5 Å². The summed E-state index contributed by atoms with van der Waals surface area (Å²) in [7, 11) is 0. The molecule has 0 radical (unpaired) electrons. The molecule has 1 aliphatic rings. The summed E-state index contributed by atoms with van der Waals surface area (Å²) in [5.41, 5.74) is 0. The van der Waals surface area contributed by atoms with Crippen molar-refractivity contribution in [3.05, 3.63) is 17.4 Å². The van der Waals surface area contributed by atoms with Gasteiger partial charge < -0.3 is 10.6 Å². The lowest BCUT2D eigenvalue weighted by Crippen LogP contribution is -2.38. The summed E-state index contributed by atoms with van der Waals surface area (Å²) in [6.07, 6.45) is 4.01. The zero-order valence-electron chi connectivity index (χ0n) is 8.24. The Bertz CT molecular complexity index is 302. The highest BCUT2D eigenvalue weighted by molar-refractivity contribution is 6.29. The molecule has 1 fully saturated rings. The van der Waals surface area contributed by atoms with Gasteiger partial charge >= 0.3 is 0 Å². The van der Waals surface area contributed by atoms with Crippen LogP contribution in [0.25, 0.3) is 0 Å². The highest BCUT2D eigenvalue weighted by Gasteiger charge is 2.13. The number of nitrogens with zero attached hydrogens (tertiary/aromatic N) is 2. The first kappa shape index (κ1) is 12.5. The number of hydrogen-bond acceptors (Lipinski definition) is 4. The Morgan fingerprint density at radius 2 is 2.40 bits per heavy atom. The normalized spacial score (nSPS) is 20.5. The minimum absolute atomic E-state index is 0. The van der Waals surface area contributed by atoms with E-state index in [1.165, 1.54) is 6.42 Å². The molecular weight excluding hydrogens is 235 g/mol. The van der Waals surface area contributed by atoms with Crippen molar-refractivity contribution in [2.75, 3.05) is 18.4 Å². The highest BCUT2D eigenvalue weighted by Crippen LogP contribution is 2.10. The predicted molar refractivity (Wildman–Crippen MR) is 63.8 cm³/mol. The number of rotatable bonds is 2. The first-order valence-corrected chi connectivity index (χ1v) is 5.18. The third kappa shape index (κ3) is 3.81. The van der Waals surface area contributed by atoms with Crippen LogP contribution in [0.4, 0.5) is 5.95 Å². The van der Waals surface area contributed by atoms with Crippen molar-refractivity contribution in [2.45, 2.75) is 18.9 Å². The second-order valence-corrected chi connectivity index (χ2v) is 3.78.